The average molecular weight is 175 g/mol. The van der Waals surface area contributed by atoms with E-state index in [-0.39, 0.29) is 11.3 Å². The molecule has 0 bridgehead atoms. The zero-order chi connectivity index (χ0) is 8.43. The molecule has 1 rings (SSSR count). The van der Waals surface area contributed by atoms with Crippen molar-refractivity contribution in [3.05, 3.63) is 11.6 Å². The number of rotatable bonds is 1. The molecule has 0 aliphatic heterocycles. The first-order valence-corrected chi connectivity index (χ1v) is 4.10. The predicted molar refractivity (Wildman–Crippen MR) is 43.8 cm³/mol. The molecule has 0 saturated carbocycles. The average Bonchev–Trinajstić information content (AvgIpc) is 1.85. The van der Waals surface area contributed by atoms with Crippen LogP contribution < -0.4 is 0 Å². The monoisotopic (exact) mass is 174 g/mol. The first-order valence-electron chi connectivity index (χ1n) is 3.66. The summed E-state index contributed by atoms with van der Waals surface area (Å²) in [6, 6.07) is 0. The van der Waals surface area contributed by atoms with E-state index in [2.05, 4.69) is 0 Å². The maximum absolute atomic E-state index is 10.6. The molecule has 1 aliphatic carbocycles. The summed E-state index contributed by atoms with van der Waals surface area (Å²) in [6.07, 6.45) is 3.28. The first kappa shape index (κ1) is 8.60. The lowest BCUT2D eigenvalue weighted by atomic mass is 9.89. The van der Waals surface area contributed by atoms with Gasteiger partial charge in [0.2, 0.25) is 0 Å². The summed E-state index contributed by atoms with van der Waals surface area (Å²) in [5.74, 6) is -1.03. The highest BCUT2D eigenvalue weighted by Crippen LogP contribution is 2.27. The van der Waals surface area contributed by atoms with E-state index in [4.69, 9.17) is 16.7 Å². The second-order valence-electron chi connectivity index (χ2n) is 2.89. The second-order valence-corrected chi connectivity index (χ2v) is 3.46. The zero-order valence-electron chi connectivity index (χ0n) is 6.38. The number of halogens is 1. The molecule has 0 aromatic carbocycles. The molecule has 11 heavy (non-hydrogen) atoms. The van der Waals surface area contributed by atoms with Crippen molar-refractivity contribution in [2.75, 3.05) is 0 Å². The minimum absolute atomic E-state index is 0.0330. The molecular formula is C8H11ClO2. The fraction of sp³-hybridized carbons (Fsp3) is 0.625. The summed E-state index contributed by atoms with van der Waals surface area (Å²) >= 11 is 5.81. The number of alkyl halides is 1. The lowest BCUT2D eigenvalue weighted by molar-refractivity contribution is -0.140. The van der Waals surface area contributed by atoms with Crippen molar-refractivity contribution in [3.8, 4) is 0 Å². The fourth-order valence-electron chi connectivity index (χ4n) is 1.36. The smallest absolute Gasteiger partial charge is 0.310 e. The lowest BCUT2D eigenvalue weighted by Crippen LogP contribution is -2.20. The van der Waals surface area contributed by atoms with Crippen LogP contribution in [-0.2, 0) is 4.79 Å². The SMILES string of the molecule is CC1=CC(Cl)CCC1C(=O)O. The van der Waals surface area contributed by atoms with Crippen LogP contribution in [0.25, 0.3) is 0 Å². The van der Waals surface area contributed by atoms with Gasteiger partial charge in [0.05, 0.1) is 11.3 Å². The van der Waals surface area contributed by atoms with Crippen LogP contribution in [0.1, 0.15) is 19.8 Å². The molecule has 2 unspecified atom stereocenters. The van der Waals surface area contributed by atoms with Crippen molar-refractivity contribution in [1.82, 2.24) is 0 Å². The van der Waals surface area contributed by atoms with Crippen molar-refractivity contribution >= 4 is 17.6 Å². The molecule has 0 saturated heterocycles. The van der Waals surface area contributed by atoms with E-state index >= 15 is 0 Å². The van der Waals surface area contributed by atoms with Crippen LogP contribution in [0.4, 0.5) is 0 Å². The number of carboxylic acids is 1. The Morgan fingerprint density at radius 3 is 2.82 bits per heavy atom. The van der Waals surface area contributed by atoms with Gasteiger partial charge in [-0.1, -0.05) is 11.6 Å². The van der Waals surface area contributed by atoms with Crippen molar-refractivity contribution in [1.29, 1.82) is 0 Å². The van der Waals surface area contributed by atoms with Gasteiger partial charge in [-0.15, -0.1) is 11.6 Å². The van der Waals surface area contributed by atoms with Gasteiger partial charge >= 0.3 is 5.97 Å². The normalized spacial score (nSPS) is 31.3. The molecule has 1 aliphatic rings. The van der Waals surface area contributed by atoms with Crippen molar-refractivity contribution < 1.29 is 9.90 Å². The van der Waals surface area contributed by atoms with Crippen molar-refractivity contribution in [2.24, 2.45) is 5.92 Å². The molecule has 0 aromatic heterocycles. The fourth-order valence-corrected chi connectivity index (χ4v) is 1.68. The summed E-state index contributed by atoms with van der Waals surface area (Å²) in [6.45, 7) is 1.83. The van der Waals surface area contributed by atoms with Crippen LogP contribution in [0.3, 0.4) is 0 Å². The minimum Gasteiger partial charge on any atom is -0.481 e. The Balaban J connectivity index is 2.72. The molecule has 1 N–H and O–H groups in total. The van der Waals surface area contributed by atoms with E-state index in [1.807, 2.05) is 13.0 Å². The summed E-state index contributed by atoms with van der Waals surface area (Å²) in [5, 5.41) is 8.74. The van der Waals surface area contributed by atoms with E-state index in [1.165, 1.54) is 0 Å². The molecule has 0 fully saturated rings. The van der Waals surface area contributed by atoms with Gasteiger partial charge in [-0.2, -0.15) is 0 Å². The third-order valence-corrected chi connectivity index (χ3v) is 2.37. The predicted octanol–water partition coefficient (Wildman–Crippen LogP) is 2.03. The van der Waals surface area contributed by atoms with E-state index in [0.717, 1.165) is 12.0 Å². The third kappa shape index (κ3) is 1.96. The van der Waals surface area contributed by atoms with Crippen LogP contribution in [0.2, 0.25) is 0 Å². The van der Waals surface area contributed by atoms with Crippen LogP contribution in [-0.4, -0.2) is 16.5 Å². The van der Waals surface area contributed by atoms with E-state index in [9.17, 15) is 4.79 Å². The highest BCUT2D eigenvalue weighted by molar-refractivity contribution is 6.21. The molecule has 0 spiro atoms. The quantitative estimate of drug-likeness (QED) is 0.488. The standard InChI is InChI=1S/C8H11ClO2/c1-5-4-6(9)2-3-7(5)8(10)11/h4,6-7H,2-3H2,1H3,(H,10,11). The Morgan fingerprint density at radius 2 is 2.36 bits per heavy atom. The molecule has 2 atom stereocenters. The molecule has 0 heterocycles. The Morgan fingerprint density at radius 1 is 1.73 bits per heavy atom. The van der Waals surface area contributed by atoms with Gasteiger partial charge in [-0.3, -0.25) is 4.79 Å². The number of hydrogen-bond donors (Lipinski definition) is 1. The summed E-state index contributed by atoms with van der Waals surface area (Å²) < 4.78 is 0. The van der Waals surface area contributed by atoms with E-state index in [1.54, 1.807) is 0 Å². The van der Waals surface area contributed by atoms with Gasteiger partial charge < -0.3 is 5.11 Å². The highest BCUT2D eigenvalue weighted by Gasteiger charge is 2.24. The molecular weight excluding hydrogens is 164 g/mol. The molecule has 62 valence electrons. The Labute approximate surface area is 70.9 Å². The van der Waals surface area contributed by atoms with Gasteiger partial charge in [-0.25, -0.2) is 0 Å². The largest absolute Gasteiger partial charge is 0.481 e. The van der Waals surface area contributed by atoms with Gasteiger partial charge in [0.25, 0.3) is 0 Å². The summed E-state index contributed by atoms with van der Waals surface area (Å²) in [7, 11) is 0. The minimum atomic E-state index is -0.734. The maximum atomic E-state index is 10.6. The zero-order valence-corrected chi connectivity index (χ0v) is 7.14. The molecule has 2 nitrogen and oxygen atoms in total. The molecule has 0 amide bonds. The van der Waals surface area contributed by atoms with Gasteiger partial charge in [-0.05, 0) is 19.8 Å². The summed E-state index contributed by atoms with van der Waals surface area (Å²) in [4.78, 5) is 10.6. The molecule has 0 aromatic rings. The second kappa shape index (κ2) is 3.26. The third-order valence-electron chi connectivity index (χ3n) is 2.02. The lowest BCUT2D eigenvalue weighted by Gasteiger charge is -2.20. The Hall–Kier alpha value is -0.500. The van der Waals surface area contributed by atoms with E-state index in [0.29, 0.717) is 6.42 Å². The Bertz CT molecular complexity index is 198. The number of allylic oxidation sites excluding steroid dienone is 1. The Kier molecular flexibility index (Phi) is 2.55. The summed E-state index contributed by atoms with van der Waals surface area (Å²) in [5.41, 5.74) is 0.892. The van der Waals surface area contributed by atoms with Crippen molar-refractivity contribution in [2.45, 2.75) is 25.1 Å². The molecule has 3 heteroatoms. The van der Waals surface area contributed by atoms with Crippen LogP contribution in [0.15, 0.2) is 11.6 Å². The number of carbonyl (C=O) groups is 1. The molecule has 0 radical (unpaired) electrons. The topological polar surface area (TPSA) is 37.3 Å². The number of hydrogen-bond acceptors (Lipinski definition) is 1. The van der Waals surface area contributed by atoms with Crippen molar-refractivity contribution in [3.63, 3.8) is 0 Å². The highest BCUT2D eigenvalue weighted by atomic mass is 35.5. The van der Waals surface area contributed by atoms with Crippen LogP contribution in [0.5, 0.6) is 0 Å². The number of aliphatic carboxylic acids is 1. The van der Waals surface area contributed by atoms with Gasteiger partial charge in [0, 0.05) is 0 Å². The van der Waals surface area contributed by atoms with E-state index < -0.39 is 5.97 Å². The first-order chi connectivity index (χ1) is 5.11. The van der Waals surface area contributed by atoms with Gasteiger partial charge in [0.1, 0.15) is 0 Å². The van der Waals surface area contributed by atoms with Gasteiger partial charge in [0.15, 0.2) is 0 Å². The van der Waals surface area contributed by atoms with Crippen LogP contribution in [0, 0.1) is 5.92 Å². The maximum Gasteiger partial charge on any atom is 0.310 e. The number of carboxylic acid groups (broad SMARTS) is 1. The van der Waals surface area contributed by atoms with Crippen LogP contribution >= 0.6 is 11.6 Å².